The molecular formula is C23H22N4. The van der Waals surface area contributed by atoms with Gasteiger partial charge < -0.3 is 10.2 Å². The van der Waals surface area contributed by atoms with Gasteiger partial charge in [0, 0.05) is 36.4 Å². The molecule has 27 heavy (non-hydrogen) atoms. The summed E-state index contributed by atoms with van der Waals surface area (Å²) in [7, 11) is 4.06. The minimum Gasteiger partial charge on any atom is -0.378 e. The lowest BCUT2D eigenvalue weighted by Crippen LogP contribution is -2.08. The minimum atomic E-state index is 0.600. The first-order chi connectivity index (χ1) is 13.1. The molecule has 4 nitrogen and oxygen atoms in total. The van der Waals surface area contributed by atoms with Gasteiger partial charge in [-0.2, -0.15) is 0 Å². The van der Waals surface area contributed by atoms with Crippen molar-refractivity contribution in [3.8, 4) is 11.3 Å². The molecule has 0 amide bonds. The number of nitrogens with one attached hydrogen (secondary N) is 1. The molecule has 1 aromatic heterocycles. The molecule has 0 aliphatic carbocycles. The Balaban J connectivity index is 1.78. The van der Waals surface area contributed by atoms with Crippen LogP contribution in [-0.2, 0) is 0 Å². The Kier molecular flexibility index (Phi) is 4.47. The van der Waals surface area contributed by atoms with Crippen LogP contribution in [-0.4, -0.2) is 24.1 Å². The molecule has 1 heterocycles. The number of aromatic nitrogens is 2. The third-order valence-corrected chi connectivity index (χ3v) is 4.54. The summed E-state index contributed by atoms with van der Waals surface area (Å²) in [5, 5.41) is 4.41. The summed E-state index contributed by atoms with van der Waals surface area (Å²) in [6.45, 7) is 2.09. The highest BCUT2D eigenvalue weighted by Crippen LogP contribution is 2.29. The average molecular weight is 354 g/mol. The van der Waals surface area contributed by atoms with Crippen LogP contribution in [0.5, 0.6) is 0 Å². The van der Waals surface area contributed by atoms with Crippen LogP contribution in [0.3, 0.4) is 0 Å². The van der Waals surface area contributed by atoms with E-state index >= 15 is 0 Å². The molecule has 4 rings (SSSR count). The van der Waals surface area contributed by atoms with Crippen LogP contribution in [0.15, 0.2) is 72.8 Å². The summed E-state index contributed by atoms with van der Waals surface area (Å²) in [4.78, 5) is 11.6. The van der Waals surface area contributed by atoms with Gasteiger partial charge in [0.25, 0.3) is 0 Å². The average Bonchev–Trinajstić information content (AvgIpc) is 2.69. The van der Waals surface area contributed by atoms with Gasteiger partial charge in [0.2, 0.25) is 5.95 Å². The number of hydrogen-bond acceptors (Lipinski definition) is 4. The van der Waals surface area contributed by atoms with Crippen molar-refractivity contribution in [2.45, 2.75) is 6.92 Å². The number of nitrogens with zero attached hydrogens (tertiary/aromatic N) is 3. The van der Waals surface area contributed by atoms with Crippen molar-refractivity contribution in [3.63, 3.8) is 0 Å². The maximum absolute atomic E-state index is 4.83. The first-order valence-corrected chi connectivity index (χ1v) is 8.98. The van der Waals surface area contributed by atoms with Crippen molar-refractivity contribution in [1.29, 1.82) is 0 Å². The van der Waals surface area contributed by atoms with Crippen molar-refractivity contribution < 1.29 is 0 Å². The molecule has 0 bridgehead atoms. The molecule has 0 fully saturated rings. The molecule has 4 heteroatoms. The highest BCUT2D eigenvalue weighted by atomic mass is 15.1. The van der Waals surface area contributed by atoms with E-state index in [-0.39, 0.29) is 0 Å². The number of rotatable bonds is 4. The smallest absolute Gasteiger partial charge is 0.228 e. The normalized spacial score (nSPS) is 10.8. The molecule has 0 radical (unpaired) electrons. The largest absolute Gasteiger partial charge is 0.378 e. The predicted molar refractivity (Wildman–Crippen MR) is 114 cm³/mol. The van der Waals surface area contributed by atoms with E-state index in [1.54, 1.807) is 0 Å². The quantitative estimate of drug-likeness (QED) is 0.532. The second kappa shape index (κ2) is 7.08. The SMILES string of the molecule is Cc1ccc2nc(Nc3ccc(N(C)C)cc3)nc(-c3ccccc3)c2c1. The molecule has 4 aromatic rings. The van der Waals surface area contributed by atoms with Gasteiger partial charge in [0.15, 0.2) is 0 Å². The third kappa shape index (κ3) is 3.60. The first-order valence-electron chi connectivity index (χ1n) is 8.98. The van der Waals surface area contributed by atoms with Crippen LogP contribution in [0, 0.1) is 6.92 Å². The van der Waals surface area contributed by atoms with E-state index in [1.165, 1.54) is 5.56 Å². The van der Waals surface area contributed by atoms with Gasteiger partial charge in [0.1, 0.15) is 0 Å². The molecular weight excluding hydrogens is 332 g/mol. The van der Waals surface area contributed by atoms with Crippen molar-refractivity contribution >= 4 is 28.2 Å². The van der Waals surface area contributed by atoms with Crippen LogP contribution in [0.25, 0.3) is 22.2 Å². The van der Waals surface area contributed by atoms with Crippen LogP contribution >= 0.6 is 0 Å². The zero-order valence-electron chi connectivity index (χ0n) is 15.8. The van der Waals surface area contributed by atoms with Crippen molar-refractivity contribution in [2.75, 3.05) is 24.3 Å². The van der Waals surface area contributed by atoms with Crippen LogP contribution in [0.4, 0.5) is 17.3 Å². The second-order valence-electron chi connectivity index (χ2n) is 6.85. The maximum atomic E-state index is 4.83. The van der Waals surface area contributed by atoms with Gasteiger partial charge in [0.05, 0.1) is 11.2 Å². The zero-order chi connectivity index (χ0) is 18.8. The Morgan fingerprint density at radius 2 is 1.56 bits per heavy atom. The van der Waals surface area contributed by atoms with Crippen LogP contribution < -0.4 is 10.2 Å². The van der Waals surface area contributed by atoms with E-state index < -0.39 is 0 Å². The van der Waals surface area contributed by atoms with E-state index in [1.807, 2.05) is 44.4 Å². The molecule has 0 saturated heterocycles. The van der Waals surface area contributed by atoms with Crippen LogP contribution in [0.1, 0.15) is 5.56 Å². The van der Waals surface area contributed by atoms with Gasteiger partial charge in [-0.1, -0.05) is 42.0 Å². The van der Waals surface area contributed by atoms with Crippen molar-refractivity contribution in [3.05, 3.63) is 78.4 Å². The standard InChI is InChI=1S/C23H22N4/c1-16-9-14-21-20(15-16)22(17-7-5-4-6-8-17)26-23(25-21)24-18-10-12-19(13-11-18)27(2)3/h4-15H,1-3H3,(H,24,25,26). The fourth-order valence-electron chi connectivity index (χ4n) is 3.09. The highest BCUT2D eigenvalue weighted by molar-refractivity contribution is 5.93. The monoisotopic (exact) mass is 354 g/mol. The summed E-state index contributed by atoms with van der Waals surface area (Å²) in [5.41, 5.74) is 6.27. The summed E-state index contributed by atoms with van der Waals surface area (Å²) in [6, 6.07) is 24.8. The van der Waals surface area contributed by atoms with Gasteiger partial charge in [-0.05, 0) is 43.3 Å². The molecule has 3 aromatic carbocycles. The molecule has 0 saturated carbocycles. The van der Waals surface area contributed by atoms with Crippen molar-refractivity contribution in [1.82, 2.24) is 9.97 Å². The topological polar surface area (TPSA) is 41.1 Å². The maximum Gasteiger partial charge on any atom is 0.228 e. The van der Waals surface area contributed by atoms with E-state index in [9.17, 15) is 0 Å². The molecule has 0 spiro atoms. The van der Waals surface area contributed by atoms with E-state index in [0.29, 0.717) is 5.95 Å². The Hall–Kier alpha value is -3.40. The highest BCUT2D eigenvalue weighted by Gasteiger charge is 2.10. The summed E-state index contributed by atoms with van der Waals surface area (Å²) in [5.74, 6) is 0.600. The Morgan fingerprint density at radius 1 is 0.815 bits per heavy atom. The fourth-order valence-corrected chi connectivity index (χ4v) is 3.09. The van der Waals surface area contributed by atoms with Gasteiger partial charge in [-0.3, -0.25) is 0 Å². The number of fused-ring (bicyclic) bond motifs is 1. The number of aryl methyl sites for hydroxylation is 1. The lowest BCUT2D eigenvalue weighted by atomic mass is 10.0. The van der Waals surface area contributed by atoms with E-state index in [0.717, 1.165) is 33.5 Å². The summed E-state index contributed by atoms with van der Waals surface area (Å²) >= 11 is 0. The Bertz CT molecular complexity index is 1070. The van der Waals surface area contributed by atoms with Crippen LogP contribution in [0.2, 0.25) is 0 Å². The second-order valence-corrected chi connectivity index (χ2v) is 6.85. The summed E-state index contributed by atoms with van der Waals surface area (Å²) < 4.78 is 0. The molecule has 1 N–H and O–H groups in total. The molecule has 134 valence electrons. The van der Waals surface area contributed by atoms with Gasteiger partial charge >= 0.3 is 0 Å². The third-order valence-electron chi connectivity index (χ3n) is 4.54. The molecule has 0 unspecified atom stereocenters. The molecule has 0 aliphatic rings. The number of anilines is 3. The number of hydrogen-bond donors (Lipinski definition) is 1. The summed E-state index contributed by atoms with van der Waals surface area (Å²) in [6.07, 6.45) is 0. The van der Waals surface area contributed by atoms with E-state index in [2.05, 4.69) is 59.6 Å². The zero-order valence-corrected chi connectivity index (χ0v) is 15.8. The molecule has 0 atom stereocenters. The molecule has 0 aliphatic heterocycles. The lowest BCUT2D eigenvalue weighted by molar-refractivity contribution is 1.13. The minimum absolute atomic E-state index is 0.600. The van der Waals surface area contributed by atoms with Crippen molar-refractivity contribution in [2.24, 2.45) is 0 Å². The number of benzene rings is 3. The van der Waals surface area contributed by atoms with E-state index in [4.69, 9.17) is 9.97 Å². The fraction of sp³-hybridized carbons (Fsp3) is 0.130. The van der Waals surface area contributed by atoms with Gasteiger partial charge in [-0.25, -0.2) is 9.97 Å². The Morgan fingerprint density at radius 3 is 2.26 bits per heavy atom. The first kappa shape index (κ1) is 17.0. The lowest BCUT2D eigenvalue weighted by Gasteiger charge is -2.14. The predicted octanol–water partition coefficient (Wildman–Crippen LogP) is 5.41. The Labute approximate surface area is 159 Å². The van der Waals surface area contributed by atoms with Gasteiger partial charge in [-0.15, -0.1) is 0 Å².